The average molecular weight is 477 g/mol. The molecule has 144 valence electrons. The molecule has 1 rings (SSSR count). The van der Waals surface area contributed by atoms with Crippen LogP contribution in [0.1, 0.15) is 26.2 Å². The molecule has 7 nitrogen and oxygen atoms in total. The molecule has 0 aromatic heterocycles. The zero-order chi connectivity index (χ0) is 17.0. The number of aliphatic imine (C=N–C) groups is 1. The lowest BCUT2D eigenvalue weighted by molar-refractivity contribution is 0.0888. The zero-order valence-corrected chi connectivity index (χ0v) is 17.9. The van der Waals surface area contributed by atoms with Crippen molar-refractivity contribution in [2.75, 3.05) is 58.1 Å². The largest absolute Gasteiger partial charge is 0.381 e. The van der Waals surface area contributed by atoms with Crippen molar-refractivity contribution in [3.63, 3.8) is 0 Å². The summed E-state index contributed by atoms with van der Waals surface area (Å²) in [6.07, 6.45) is 3.80. The highest BCUT2D eigenvalue weighted by molar-refractivity contribution is 14.0. The monoisotopic (exact) mass is 477 g/mol. The summed E-state index contributed by atoms with van der Waals surface area (Å²) in [4.78, 5) is 4.37. The summed E-state index contributed by atoms with van der Waals surface area (Å²) in [5, 5.41) is 6.38. The maximum absolute atomic E-state index is 11.1. The highest BCUT2D eigenvalue weighted by atomic mass is 127. The van der Waals surface area contributed by atoms with Crippen LogP contribution in [0, 0.1) is 5.92 Å². The first-order valence-corrected chi connectivity index (χ1v) is 10.4. The predicted molar refractivity (Wildman–Crippen MR) is 108 cm³/mol. The Morgan fingerprint density at radius 1 is 1.33 bits per heavy atom. The first kappa shape index (κ1) is 23.9. The summed E-state index contributed by atoms with van der Waals surface area (Å²) in [7, 11) is -2.90. The van der Waals surface area contributed by atoms with E-state index in [9.17, 15) is 8.42 Å². The van der Waals surface area contributed by atoms with Crippen LogP contribution in [0.2, 0.25) is 0 Å². The highest BCUT2D eigenvalue weighted by Gasteiger charge is 2.15. The number of nitrogens with one attached hydrogen (secondary N) is 2. The first-order chi connectivity index (χ1) is 11.0. The Morgan fingerprint density at radius 3 is 2.75 bits per heavy atom. The molecule has 2 N–H and O–H groups in total. The Bertz CT molecular complexity index is 440. The van der Waals surface area contributed by atoms with Gasteiger partial charge in [-0.3, -0.25) is 4.99 Å². The summed E-state index contributed by atoms with van der Waals surface area (Å²) in [6, 6.07) is 0. The van der Waals surface area contributed by atoms with Crippen molar-refractivity contribution < 1.29 is 17.9 Å². The van der Waals surface area contributed by atoms with Crippen molar-refractivity contribution in [3.8, 4) is 0 Å². The van der Waals surface area contributed by atoms with Gasteiger partial charge in [-0.1, -0.05) is 0 Å². The Morgan fingerprint density at radius 2 is 2.12 bits per heavy atom. The first-order valence-electron chi connectivity index (χ1n) is 8.36. The van der Waals surface area contributed by atoms with E-state index in [-0.39, 0.29) is 29.7 Å². The second-order valence-corrected chi connectivity index (χ2v) is 8.09. The number of guanidine groups is 1. The van der Waals surface area contributed by atoms with E-state index >= 15 is 0 Å². The van der Waals surface area contributed by atoms with E-state index in [4.69, 9.17) is 9.47 Å². The topological polar surface area (TPSA) is 89.0 Å². The molecule has 0 spiro atoms. The number of hydrogen-bond donors (Lipinski definition) is 2. The maximum atomic E-state index is 11.1. The lowest BCUT2D eigenvalue weighted by atomic mass is 10.1. The average Bonchev–Trinajstić information content (AvgIpc) is 2.99. The number of halogens is 1. The van der Waals surface area contributed by atoms with Gasteiger partial charge in [0.1, 0.15) is 9.84 Å². The molecule has 1 fully saturated rings. The van der Waals surface area contributed by atoms with Gasteiger partial charge in [-0.05, 0) is 26.2 Å². The lowest BCUT2D eigenvalue weighted by Gasteiger charge is -2.12. The van der Waals surface area contributed by atoms with Crippen molar-refractivity contribution in [3.05, 3.63) is 0 Å². The molecule has 1 unspecified atom stereocenters. The van der Waals surface area contributed by atoms with Gasteiger partial charge in [0.2, 0.25) is 0 Å². The molecule has 1 aliphatic heterocycles. The van der Waals surface area contributed by atoms with E-state index in [1.54, 1.807) is 0 Å². The summed E-state index contributed by atoms with van der Waals surface area (Å²) in [5.41, 5.74) is 0. The minimum absolute atomic E-state index is 0. The van der Waals surface area contributed by atoms with Crippen LogP contribution in [-0.4, -0.2) is 72.4 Å². The molecule has 0 bridgehead atoms. The number of hydrogen-bond acceptors (Lipinski definition) is 5. The van der Waals surface area contributed by atoms with Gasteiger partial charge in [-0.15, -0.1) is 24.0 Å². The van der Waals surface area contributed by atoms with Crippen LogP contribution < -0.4 is 10.6 Å². The highest BCUT2D eigenvalue weighted by Crippen LogP contribution is 2.12. The van der Waals surface area contributed by atoms with E-state index in [1.807, 2.05) is 6.92 Å². The normalized spacial score (nSPS) is 18.2. The number of ether oxygens (including phenoxy) is 2. The molecule has 0 aromatic carbocycles. The number of nitrogens with zero attached hydrogens (tertiary/aromatic N) is 1. The van der Waals surface area contributed by atoms with Crippen LogP contribution in [-0.2, 0) is 19.3 Å². The van der Waals surface area contributed by atoms with Gasteiger partial charge in [-0.2, -0.15) is 0 Å². The van der Waals surface area contributed by atoms with Crippen LogP contribution in [0.5, 0.6) is 0 Å². The van der Waals surface area contributed by atoms with Crippen molar-refractivity contribution in [2.45, 2.75) is 26.2 Å². The second kappa shape index (κ2) is 14.1. The van der Waals surface area contributed by atoms with Gasteiger partial charge in [0.25, 0.3) is 0 Å². The van der Waals surface area contributed by atoms with Crippen molar-refractivity contribution in [1.82, 2.24) is 10.6 Å². The third-order valence-electron chi connectivity index (χ3n) is 3.42. The summed E-state index contributed by atoms with van der Waals surface area (Å²) >= 11 is 0. The molecule has 24 heavy (non-hydrogen) atoms. The van der Waals surface area contributed by atoms with E-state index in [2.05, 4.69) is 15.6 Å². The van der Waals surface area contributed by atoms with Gasteiger partial charge in [0, 0.05) is 45.0 Å². The predicted octanol–water partition coefficient (Wildman–Crippen LogP) is 1.04. The Labute approximate surface area is 163 Å². The van der Waals surface area contributed by atoms with Crippen molar-refractivity contribution in [1.29, 1.82) is 0 Å². The second-order valence-electron chi connectivity index (χ2n) is 5.83. The fraction of sp³-hybridized carbons (Fsp3) is 0.933. The van der Waals surface area contributed by atoms with E-state index in [1.165, 1.54) is 6.26 Å². The Hall–Kier alpha value is -0.130. The van der Waals surface area contributed by atoms with Gasteiger partial charge in [0.15, 0.2) is 5.96 Å². The minimum Gasteiger partial charge on any atom is -0.381 e. The molecule has 1 atom stereocenters. The third kappa shape index (κ3) is 13.2. The van der Waals surface area contributed by atoms with Crippen LogP contribution in [0.25, 0.3) is 0 Å². The lowest BCUT2D eigenvalue weighted by Crippen LogP contribution is -2.38. The van der Waals surface area contributed by atoms with Gasteiger partial charge < -0.3 is 20.1 Å². The van der Waals surface area contributed by atoms with E-state index in [0.29, 0.717) is 18.9 Å². The molecule has 0 aromatic rings. The van der Waals surface area contributed by atoms with Crippen LogP contribution in [0.15, 0.2) is 4.99 Å². The fourth-order valence-corrected chi connectivity index (χ4v) is 2.86. The molecule has 0 amide bonds. The molecule has 0 aliphatic carbocycles. The molecule has 9 heteroatoms. The van der Waals surface area contributed by atoms with Crippen molar-refractivity contribution >= 4 is 39.8 Å². The quantitative estimate of drug-likeness (QED) is 0.200. The standard InChI is InChI=1S/C15H31N3O4S.HI/c1-3-16-15(18-8-5-11-23(2,19)20)17-7-4-9-21-12-14-6-10-22-13-14;/h14H,3-13H2,1-2H3,(H2,16,17,18);1H. The van der Waals surface area contributed by atoms with Gasteiger partial charge >= 0.3 is 0 Å². The van der Waals surface area contributed by atoms with E-state index in [0.717, 1.165) is 58.3 Å². The molecular weight excluding hydrogens is 445 g/mol. The van der Waals surface area contributed by atoms with Crippen molar-refractivity contribution in [2.24, 2.45) is 10.9 Å². The van der Waals surface area contributed by atoms with Crippen LogP contribution in [0.3, 0.4) is 0 Å². The van der Waals surface area contributed by atoms with Crippen LogP contribution >= 0.6 is 24.0 Å². The smallest absolute Gasteiger partial charge is 0.191 e. The number of rotatable bonds is 11. The molecule has 1 heterocycles. The summed E-state index contributed by atoms with van der Waals surface area (Å²) < 4.78 is 33.1. The molecule has 1 saturated heterocycles. The SMILES string of the molecule is CCNC(=NCCCS(C)(=O)=O)NCCCOCC1CCOC1.I. The van der Waals surface area contributed by atoms with Crippen LogP contribution in [0.4, 0.5) is 0 Å². The molecule has 1 aliphatic rings. The Kier molecular flexibility index (Phi) is 14.0. The zero-order valence-electron chi connectivity index (χ0n) is 14.8. The summed E-state index contributed by atoms with van der Waals surface area (Å²) in [5.74, 6) is 1.45. The van der Waals surface area contributed by atoms with Gasteiger partial charge in [-0.25, -0.2) is 8.42 Å². The summed E-state index contributed by atoms with van der Waals surface area (Å²) in [6.45, 7) is 7.23. The number of sulfone groups is 1. The molecule has 0 saturated carbocycles. The maximum Gasteiger partial charge on any atom is 0.191 e. The van der Waals surface area contributed by atoms with E-state index < -0.39 is 9.84 Å². The van der Waals surface area contributed by atoms with Gasteiger partial charge in [0.05, 0.1) is 19.0 Å². The molecule has 0 radical (unpaired) electrons. The Balaban J connectivity index is 0.00000529. The minimum atomic E-state index is -2.90. The fourth-order valence-electron chi connectivity index (χ4n) is 2.21. The third-order valence-corrected chi connectivity index (χ3v) is 4.45. The molecular formula is C15H32IN3O4S.